The summed E-state index contributed by atoms with van der Waals surface area (Å²) in [6.07, 6.45) is 5.13. The molecular formula is C22H32N8O2. The van der Waals surface area contributed by atoms with Crippen molar-refractivity contribution in [3.63, 3.8) is 0 Å². The maximum atomic E-state index is 12.5. The molecule has 1 aliphatic heterocycles. The molecule has 172 valence electrons. The Bertz CT molecular complexity index is 1080. The maximum Gasteiger partial charge on any atom is 0.410 e. The molecule has 0 aliphatic carbocycles. The Morgan fingerprint density at radius 3 is 2.84 bits per heavy atom. The predicted molar refractivity (Wildman–Crippen MR) is 122 cm³/mol. The van der Waals surface area contributed by atoms with Gasteiger partial charge in [0.05, 0.1) is 12.4 Å². The molecule has 3 aromatic rings. The second-order valence-electron chi connectivity index (χ2n) is 9.71. The number of anilines is 2. The van der Waals surface area contributed by atoms with Gasteiger partial charge in [-0.3, -0.25) is 5.10 Å². The quantitative estimate of drug-likeness (QED) is 0.615. The van der Waals surface area contributed by atoms with Crippen LogP contribution in [0.3, 0.4) is 0 Å². The number of aromatic nitrogens is 6. The highest BCUT2D eigenvalue weighted by Gasteiger charge is 2.28. The number of nitrogens with one attached hydrogen (secondary N) is 2. The monoisotopic (exact) mass is 440 g/mol. The summed E-state index contributed by atoms with van der Waals surface area (Å²) in [6, 6.07) is 1.97. The van der Waals surface area contributed by atoms with Gasteiger partial charge in [0.1, 0.15) is 11.1 Å². The van der Waals surface area contributed by atoms with E-state index in [1.165, 1.54) is 0 Å². The summed E-state index contributed by atoms with van der Waals surface area (Å²) >= 11 is 0. The molecule has 0 radical (unpaired) electrons. The molecule has 1 saturated heterocycles. The van der Waals surface area contributed by atoms with Crippen molar-refractivity contribution in [3.8, 4) is 0 Å². The number of carbonyl (C=O) groups excluding carboxylic acids is 1. The van der Waals surface area contributed by atoms with Crippen molar-refractivity contribution in [2.75, 3.05) is 18.4 Å². The first kappa shape index (κ1) is 22.0. The molecule has 1 atom stereocenters. The van der Waals surface area contributed by atoms with E-state index in [4.69, 9.17) is 9.72 Å². The number of carbonyl (C=O) groups is 1. The number of hydrogen-bond acceptors (Lipinski definition) is 7. The second-order valence-corrected chi connectivity index (χ2v) is 9.71. The molecule has 0 spiro atoms. The highest BCUT2D eigenvalue weighted by atomic mass is 16.6. The number of amides is 1. The topological polar surface area (TPSA) is 114 Å². The van der Waals surface area contributed by atoms with Gasteiger partial charge >= 0.3 is 6.09 Å². The van der Waals surface area contributed by atoms with Crippen molar-refractivity contribution in [1.82, 2.24) is 34.8 Å². The third-order valence-electron chi connectivity index (χ3n) is 5.42. The molecule has 1 fully saturated rings. The molecule has 0 bridgehead atoms. The fourth-order valence-electron chi connectivity index (χ4n) is 3.82. The molecule has 0 unspecified atom stereocenters. The first-order chi connectivity index (χ1) is 15.2. The summed E-state index contributed by atoms with van der Waals surface area (Å²) in [4.78, 5) is 23.5. The molecule has 10 heteroatoms. The van der Waals surface area contributed by atoms with E-state index in [2.05, 4.69) is 39.4 Å². The van der Waals surface area contributed by atoms with E-state index in [0.29, 0.717) is 36.3 Å². The van der Waals surface area contributed by atoms with Gasteiger partial charge in [-0.15, -0.1) is 0 Å². The number of piperidine rings is 1. The number of ether oxygens (including phenoxy) is 1. The first-order valence-electron chi connectivity index (χ1n) is 11.2. The van der Waals surface area contributed by atoms with Crippen LogP contribution in [0.2, 0.25) is 0 Å². The van der Waals surface area contributed by atoms with E-state index in [-0.39, 0.29) is 12.0 Å². The third-order valence-corrected chi connectivity index (χ3v) is 5.42. The molecule has 2 N–H and O–H groups in total. The molecular weight excluding hydrogens is 408 g/mol. The number of nitrogens with zero attached hydrogens (tertiary/aromatic N) is 6. The fourth-order valence-corrected chi connectivity index (χ4v) is 3.82. The average molecular weight is 441 g/mol. The minimum atomic E-state index is -0.495. The number of hydrogen-bond donors (Lipinski definition) is 2. The van der Waals surface area contributed by atoms with Crippen LogP contribution < -0.4 is 5.32 Å². The Labute approximate surface area is 187 Å². The molecule has 1 aliphatic rings. The van der Waals surface area contributed by atoms with Gasteiger partial charge in [-0.05, 0) is 45.4 Å². The largest absolute Gasteiger partial charge is 0.444 e. The highest BCUT2D eigenvalue weighted by Crippen LogP contribution is 2.23. The normalized spacial score (nSPS) is 17.2. The standard InChI is InChI=1S/C22H32N8O2/c1-14(2)16-9-18(28-27-16)25-19-11-23-17-10-24-30(20(17)26-19)13-15-7-6-8-29(12-15)21(31)32-22(3,4)5/h9-11,14-15H,6-8,12-13H2,1-5H3,(H2,25,26,27,28)/t15-/m1/s1. The lowest BCUT2D eigenvalue weighted by Crippen LogP contribution is -2.43. The number of aromatic amines is 1. The number of H-pyrrole nitrogens is 1. The minimum absolute atomic E-state index is 0.251. The lowest BCUT2D eigenvalue weighted by Gasteiger charge is -2.34. The van der Waals surface area contributed by atoms with E-state index in [9.17, 15) is 4.79 Å². The average Bonchev–Trinajstić information content (AvgIpc) is 3.34. The van der Waals surface area contributed by atoms with Crippen molar-refractivity contribution < 1.29 is 9.53 Å². The summed E-state index contributed by atoms with van der Waals surface area (Å²) in [5.74, 6) is 1.95. The van der Waals surface area contributed by atoms with Crippen molar-refractivity contribution in [3.05, 3.63) is 24.2 Å². The van der Waals surface area contributed by atoms with Crippen LogP contribution in [0.1, 0.15) is 59.1 Å². The molecule has 32 heavy (non-hydrogen) atoms. The van der Waals surface area contributed by atoms with Crippen LogP contribution in [0, 0.1) is 5.92 Å². The Hall–Kier alpha value is -3.17. The zero-order valence-corrected chi connectivity index (χ0v) is 19.4. The lowest BCUT2D eigenvalue weighted by molar-refractivity contribution is 0.0156. The summed E-state index contributed by atoms with van der Waals surface area (Å²) in [5, 5.41) is 15.0. The van der Waals surface area contributed by atoms with E-state index in [1.807, 2.05) is 31.5 Å². The van der Waals surface area contributed by atoms with Crippen LogP contribution in [-0.2, 0) is 11.3 Å². The van der Waals surface area contributed by atoms with Gasteiger partial charge in [-0.25, -0.2) is 19.4 Å². The van der Waals surface area contributed by atoms with Gasteiger partial charge in [0.15, 0.2) is 17.3 Å². The van der Waals surface area contributed by atoms with Gasteiger partial charge in [0.25, 0.3) is 0 Å². The van der Waals surface area contributed by atoms with Gasteiger partial charge < -0.3 is 15.0 Å². The van der Waals surface area contributed by atoms with E-state index >= 15 is 0 Å². The lowest BCUT2D eigenvalue weighted by atomic mass is 9.98. The molecule has 1 amide bonds. The molecule has 0 saturated carbocycles. The second kappa shape index (κ2) is 8.76. The molecule has 3 aromatic heterocycles. The summed E-state index contributed by atoms with van der Waals surface area (Å²) < 4.78 is 7.42. The fraction of sp³-hybridized carbons (Fsp3) is 0.591. The molecule has 10 nitrogen and oxygen atoms in total. The highest BCUT2D eigenvalue weighted by molar-refractivity contribution is 5.72. The van der Waals surface area contributed by atoms with E-state index in [0.717, 1.165) is 30.6 Å². The zero-order chi connectivity index (χ0) is 22.9. The van der Waals surface area contributed by atoms with Crippen LogP contribution in [0.25, 0.3) is 11.2 Å². The van der Waals surface area contributed by atoms with Gasteiger partial charge in [-0.1, -0.05) is 13.8 Å². The number of fused-ring (bicyclic) bond motifs is 1. The van der Waals surface area contributed by atoms with Crippen LogP contribution >= 0.6 is 0 Å². The first-order valence-corrected chi connectivity index (χ1v) is 11.2. The molecule has 0 aromatic carbocycles. The summed E-state index contributed by atoms with van der Waals surface area (Å²) in [7, 11) is 0. The van der Waals surface area contributed by atoms with Crippen molar-refractivity contribution in [2.45, 2.75) is 65.5 Å². The summed E-state index contributed by atoms with van der Waals surface area (Å²) in [5.41, 5.74) is 2.01. The summed E-state index contributed by atoms with van der Waals surface area (Å²) in [6.45, 7) is 11.9. The maximum absolute atomic E-state index is 12.5. The van der Waals surface area contributed by atoms with Crippen LogP contribution in [-0.4, -0.2) is 59.6 Å². The van der Waals surface area contributed by atoms with Crippen LogP contribution in [0.15, 0.2) is 18.5 Å². The zero-order valence-electron chi connectivity index (χ0n) is 19.4. The van der Waals surface area contributed by atoms with Crippen molar-refractivity contribution in [2.24, 2.45) is 5.92 Å². The van der Waals surface area contributed by atoms with Gasteiger partial charge in [0, 0.05) is 31.4 Å². The number of rotatable bonds is 5. The Morgan fingerprint density at radius 2 is 2.12 bits per heavy atom. The Morgan fingerprint density at radius 1 is 1.31 bits per heavy atom. The minimum Gasteiger partial charge on any atom is -0.444 e. The predicted octanol–water partition coefficient (Wildman–Crippen LogP) is 4.06. The Kier molecular flexibility index (Phi) is 6.03. The van der Waals surface area contributed by atoms with Crippen molar-refractivity contribution in [1.29, 1.82) is 0 Å². The van der Waals surface area contributed by atoms with Crippen LogP contribution in [0.5, 0.6) is 0 Å². The van der Waals surface area contributed by atoms with Crippen molar-refractivity contribution >= 4 is 28.9 Å². The van der Waals surface area contributed by atoms with E-state index < -0.39 is 5.60 Å². The van der Waals surface area contributed by atoms with Crippen LogP contribution in [0.4, 0.5) is 16.4 Å². The SMILES string of the molecule is CC(C)c1cc(Nc2cnc3cnn(C[C@@H]4CCCN(C(=O)OC(C)(C)C)C4)c3n2)n[nH]1. The smallest absolute Gasteiger partial charge is 0.410 e. The molecule has 4 rings (SSSR count). The van der Waals surface area contributed by atoms with Gasteiger partial charge in [-0.2, -0.15) is 10.2 Å². The molecule has 4 heterocycles. The third kappa shape index (κ3) is 5.17. The van der Waals surface area contributed by atoms with E-state index in [1.54, 1.807) is 17.3 Å². The van der Waals surface area contributed by atoms with Gasteiger partial charge in [0.2, 0.25) is 0 Å². The number of likely N-dealkylation sites (tertiary alicyclic amines) is 1. The Balaban J connectivity index is 1.46.